The second-order valence-corrected chi connectivity index (χ2v) is 7.49. The summed E-state index contributed by atoms with van der Waals surface area (Å²) in [6, 6.07) is 16.2. The predicted molar refractivity (Wildman–Crippen MR) is 105 cm³/mol. The van der Waals surface area contributed by atoms with Crippen molar-refractivity contribution in [2.24, 2.45) is 5.73 Å². The molecule has 26 heavy (non-hydrogen) atoms. The molecule has 2 aromatic carbocycles. The lowest BCUT2D eigenvalue weighted by Gasteiger charge is -2.11. The van der Waals surface area contributed by atoms with E-state index in [9.17, 15) is 4.79 Å². The second-order valence-electron chi connectivity index (χ2n) is 6.19. The molecule has 1 atom stereocenters. The third-order valence-corrected chi connectivity index (χ3v) is 4.97. The van der Waals surface area contributed by atoms with Crippen LogP contribution in [0.5, 0.6) is 0 Å². The van der Waals surface area contributed by atoms with E-state index in [1.54, 1.807) is 6.92 Å². The number of rotatable bonds is 5. The second kappa shape index (κ2) is 7.66. The molecule has 0 saturated heterocycles. The number of hydrogen-bond acceptors (Lipinski definition) is 5. The molecule has 1 amide bonds. The minimum absolute atomic E-state index is 0.405. The number of benzene rings is 2. The Balaban J connectivity index is 2.09. The maximum atomic E-state index is 11.3. The van der Waals surface area contributed by atoms with E-state index >= 15 is 0 Å². The number of primary amides is 1. The number of nitrogens with zero attached hydrogens (tertiary/aromatic N) is 3. The standard InChI is InChI=1S/C20H20N4OS/c1-12-4-8-15(9-5-12)17-18(16-10-6-13(2)7-11-16)23-24-20(22-17)26-14(3)19(21)25/h4-11,14H,1-3H3,(H2,21,25). The van der Waals surface area contributed by atoms with Crippen LogP contribution < -0.4 is 5.73 Å². The molecular weight excluding hydrogens is 344 g/mol. The topological polar surface area (TPSA) is 81.8 Å². The highest BCUT2D eigenvalue weighted by Crippen LogP contribution is 2.31. The van der Waals surface area contributed by atoms with Crippen LogP contribution in [0.25, 0.3) is 22.5 Å². The van der Waals surface area contributed by atoms with E-state index in [1.165, 1.54) is 22.9 Å². The largest absolute Gasteiger partial charge is 0.369 e. The number of aryl methyl sites for hydroxylation is 2. The molecule has 3 aromatic rings. The Bertz CT molecular complexity index is 924. The Labute approximate surface area is 157 Å². The van der Waals surface area contributed by atoms with E-state index < -0.39 is 11.2 Å². The average Bonchev–Trinajstić information content (AvgIpc) is 2.63. The van der Waals surface area contributed by atoms with Gasteiger partial charge in [0.2, 0.25) is 11.1 Å². The van der Waals surface area contributed by atoms with Crippen molar-refractivity contribution in [2.45, 2.75) is 31.2 Å². The quantitative estimate of drug-likeness (QED) is 0.697. The Kier molecular flexibility index (Phi) is 5.32. The Morgan fingerprint density at radius 3 is 1.88 bits per heavy atom. The predicted octanol–water partition coefficient (Wildman–Crippen LogP) is 3.79. The number of carbonyl (C=O) groups is 1. The summed E-state index contributed by atoms with van der Waals surface area (Å²) in [5, 5.41) is 8.61. The lowest BCUT2D eigenvalue weighted by atomic mass is 10.0. The van der Waals surface area contributed by atoms with E-state index in [-0.39, 0.29) is 0 Å². The molecule has 6 heteroatoms. The number of hydrogen-bond donors (Lipinski definition) is 1. The highest BCUT2D eigenvalue weighted by Gasteiger charge is 2.17. The van der Waals surface area contributed by atoms with E-state index in [2.05, 4.69) is 15.2 Å². The highest BCUT2D eigenvalue weighted by molar-refractivity contribution is 8.00. The fraction of sp³-hybridized carbons (Fsp3) is 0.200. The lowest BCUT2D eigenvalue weighted by Crippen LogP contribution is -2.22. The van der Waals surface area contributed by atoms with Crippen LogP contribution in [-0.2, 0) is 4.79 Å². The molecule has 1 unspecified atom stereocenters. The van der Waals surface area contributed by atoms with Crippen molar-refractivity contribution in [3.05, 3.63) is 59.7 Å². The van der Waals surface area contributed by atoms with Crippen molar-refractivity contribution in [1.82, 2.24) is 15.2 Å². The Morgan fingerprint density at radius 2 is 1.38 bits per heavy atom. The van der Waals surface area contributed by atoms with Crippen LogP contribution in [0.1, 0.15) is 18.1 Å². The van der Waals surface area contributed by atoms with Gasteiger partial charge in [0.05, 0.1) is 5.25 Å². The number of amides is 1. The van der Waals surface area contributed by atoms with Gasteiger partial charge in [-0.2, -0.15) is 0 Å². The SMILES string of the molecule is Cc1ccc(-c2nnc(SC(C)C(N)=O)nc2-c2ccc(C)cc2)cc1. The monoisotopic (exact) mass is 364 g/mol. The average molecular weight is 364 g/mol. The van der Waals surface area contributed by atoms with E-state index in [1.807, 2.05) is 62.4 Å². The van der Waals surface area contributed by atoms with E-state index in [4.69, 9.17) is 5.73 Å². The Hall–Kier alpha value is -2.73. The van der Waals surface area contributed by atoms with Crippen molar-refractivity contribution >= 4 is 17.7 Å². The first-order valence-electron chi connectivity index (χ1n) is 8.29. The van der Waals surface area contributed by atoms with Crippen molar-refractivity contribution in [1.29, 1.82) is 0 Å². The molecule has 2 N–H and O–H groups in total. The third-order valence-electron chi connectivity index (χ3n) is 4.00. The van der Waals surface area contributed by atoms with Crippen LogP contribution in [0, 0.1) is 13.8 Å². The van der Waals surface area contributed by atoms with Crippen molar-refractivity contribution in [3.63, 3.8) is 0 Å². The molecule has 3 rings (SSSR count). The van der Waals surface area contributed by atoms with Gasteiger partial charge in [0.15, 0.2) is 0 Å². The number of nitrogens with two attached hydrogens (primary N) is 1. The van der Waals surface area contributed by atoms with Crippen LogP contribution in [0.4, 0.5) is 0 Å². The molecule has 132 valence electrons. The van der Waals surface area contributed by atoms with Gasteiger partial charge in [-0.1, -0.05) is 71.4 Å². The van der Waals surface area contributed by atoms with Crippen molar-refractivity contribution in [2.75, 3.05) is 0 Å². The number of aromatic nitrogens is 3. The molecule has 0 radical (unpaired) electrons. The first-order chi connectivity index (χ1) is 12.4. The van der Waals surface area contributed by atoms with Crippen LogP contribution in [-0.4, -0.2) is 26.3 Å². The number of thioether (sulfide) groups is 1. The summed E-state index contributed by atoms with van der Waals surface area (Å²) < 4.78 is 0. The van der Waals surface area contributed by atoms with Crippen LogP contribution in [0.2, 0.25) is 0 Å². The summed E-state index contributed by atoms with van der Waals surface area (Å²) in [5.74, 6) is -0.405. The fourth-order valence-electron chi connectivity index (χ4n) is 2.40. The minimum Gasteiger partial charge on any atom is -0.369 e. The molecule has 0 aliphatic carbocycles. The first kappa shape index (κ1) is 18.1. The fourth-order valence-corrected chi connectivity index (χ4v) is 3.06. The molecule has 0 aliphatic heterocycles. The summed E-state index contributed by atoms with van der Waals surface area (Å²) in [7, 11) is 0. The number of carbonyl (C=O) groups excluding carboxylic acids is 1. The minimum atomic E-state index is -0.423. The lowest BCUT2D eigenvalue weighted by molar-refractivity contribution is -0.117. The normalized spacial score (nSPS) is 12.0. The molecule has 0 saturated carbocycles. The molecule has 0 fully saturated rings. The first-order valence-corrected chi connectivity index (χ1v) is 9.17. The van der Waals surface area contributed by atoms with Gasteiger partial charge < -0.3 is 5.73 Å². The summed E-state index contributed by atoms with van der Waals surface area (Å²) in [6.45, 7) is 5.81. The van der Waals surface area contributed by atoms with Gasteiger partial charge in [-0.15, -0.1) is 10.2 Å². The maximum Gasteiger partial charge on any atom is 0.230 e. The zero-order valence-corrected chi connectivity index (χ0v) is 15.7. The van der Waals surface area contributed by atoms with Crippen LogP contribution in [0.3, 0.4) is 0 Å². The molecular formula is C20H20N4OS. The summed E-state index contributed by atoms with van der Waals surface area (Å²) in [4.78, 5) is 16.0. The maximum absolute atomic E-state index is 11.3. The van der Waals surface area contributed by atoms with E-state index in [0.29, 0.717) is 10.9 Å². The summed E-state index contributed by atoms with van der Waals surface area (Å²) in [6.07, 6.45) is 0. The van der Waals surface area contributed by atoms with Crippen molar-refractivity contribution < 1.29 is 4.79 Å². The van der Waals surface area contributed by atoms with Gasteiger partial charge >= 0.3 is 0 Å². The van der Waals surface area contributed by atoms with E-state index in [0.717, 1.165) is 16.8 Å². The molecule has 1 heterocycles. The highest BCUT2D eigenvalue weighted by atomic mass is 32.2. The summed E-state index contributed by atoms with van der Waals surface area (Å²) >= 11 is 1.21. The van der Waals surface area contributed by atoms with Gasteiger partial charge in [0, 0.05) is 11.1 Å². The van der Waals surface area contributed by atoms with Crippen molar-refractivity contribution in [3.8, 4) is 22.5 Å². The van der Waals surface area contributed by atoms with Crippen LogP contribution >= 0.6 is 11.8 Å². The van der Waals surface area contributed by atoms with Gasteiger partial charge in [-0.05, 0) is 20.8 Å². The smallest absolute Gasteiger partial charge is 0.230 e. The zero-order chi connectivity index (χ0) is 18.7. The zero-order valence-electron chi connectivity index (χ0n) is 14.9. The van der Waals surface area contributed by atoms with Gasteiger partial charge in [0.1, 0.15) is 11.4 Å². The molecule has 0 spiro atoms. The Morgan fingerprint density at radius 1 is 0.885 bits per heavy atom. The third kappa shape index (κ3) is 4.08. The van der Waals surface area contributed by atoms with Gasteiger partial charge in [0.25, 0.3) is 0 Å². The molecule has 1 aromatic heterocycles. The molecule has 0 aliphatic rings. The van der Waals surface area contributed by atoms with Gasteiger partial charge in [-0.3, -0.25) is 4.79 Å². The van der Waals surface area contributed by atoms with Gasteiger partial charge in [-0.25, -0.2) is 4.98 Å². The van der Waals surface area contributed by atoms with Crippen LogP contribution in [0.15, 0.2) is 53.7 Å². The summed E-state index contributed by atoms with van der Waals surface area (Å²) in [5.41, 5.74) is 11.0. The molecule has 5 nitrogen and oxygen atoms in total. The molecule has 0 bridgehead atoms.